The Morgan fingerprint density at radius 3 is 2.44 bits per heavy atom. The molecule has 0 aliphatic heterocycles. The second-order valence-corrected chi connectivity index (χ2v) is 8.15. The van der Waals surface area contributed by atoms with E-state index >= 15 is 0 Å². The largest absolute Gasteiger partial charge is 0.483 e. The van der Waals surface area contributed by atoms with Crippen LogP contribution in [0.4, 0.5) is 18.3 Å². The molecule has 1 heterocycles. The summed E-state index contributed by atoms with van der Waals surface area (Å²) in [6.45, 7) is -0.203. The van der Waals surface area contributed by atoms with Gasteiger partial charge in [-0.15, -0.1) is 11.3 Å². The molecule has 0 saturated carbocycles. The highest BCUT2D eigenvalue weighted by atomic mass is 32.1. The van der Waals surface area contributed by atoms with Gasteiger partial charge in [0.2, 0.25) is 0 Å². The molecule has 1 N–H and O–H groups in total. The fourth-order valence-electron chi connectivity index (χ4n) is 2.67. The molecule has 2 aromatic carbocycles. The first-order valence-electron chi connectivity index (χ1n) is 9.47. The maximum Gasteiger partial charge on any atom is 0.416 e. The summed E-state index contributed by atoms with van der Waals surface area (Å²) in [5, 5.41) is 3.03. The van der Waals surface area contributed by atoms with Crippen LogP contribution in [0.5, 0.6) is 5.75 Å². The lowest BCUT2D eigenvalue weighted by molar-refractivity contribution is -0.137. The highest BCUT2D eigenvalue weighted by Gasteiger charge is 2.29. The van der Waals surface area contributed by atoms with E-state index < -0.39 is 17.6 Å². The molecule has 0 aliphatic carbocycles. The van der Waals surface area contributed by atoms with Crippen LogP contribution in [-0.4, -0.2) is 42.4 Å². The summed E-state index contributed by atoms with van der Waals surface area (Å²) in [6.07, 6.45) is -2.42. The zero-order chi connectivity index (χ0) is 23.3. The van der Waals surface area contributed by atoms with Gasteiger partial charge >= 0.3 is 6.18 Å². The summed E-state index contributed by atoms with van der Waals surface area (Å²) in [5.74, 6) is -0.428. The van der Waals surface area contributed by atoms with Crippen molar-refractivity contribution in [1.82, 2.24) is 9.88 Å². The molecule has 3 rings (SSSR count). The van der Waals surface area contributed by atoms with Crippen LogP contribution >= 0.6 is 11.3 Å². The van der Waals surface area contributed by atoms with Gasteiger partial charge < -0.3 is 9.64 Å². The number of nitrogens with one attached hydrogen (secondary N) is 1. The van der Waals surface area contributed by atoms with Crippen molar-refractivity contribution in [2.75, 3.05) is 26.0 Å². The Balaban J connectivity index is 1.64. The van der Waals surface area contributed by atoms with Gasteiger partial charge in [-0.25, -0.2) is 4.98 Å². The first kappa shape index (κ1) is 23.3. The Morgan fingerprint density at radius 1 is 1.09 bits per heavy atom. The fourth-order valence-corrected chi connectivity index (χ4v) is 3.51. The number of carbonyl (C=O) groups excluding carboxylic acids is 2. The Labute approximate surface area is 186 Å². The Hall–Kier alpha value is -3.40. The molecule has 0 fully saturated rings. The number of likely N-dealkylation sites (N-methyl/N-ethyl adjacent to an activating group) is 1. The summed E-state index contributed by atoms with van der Waals surface area (Å²) < 4.78 is 43.5. The quantitative estimate of drug-likeness (QED) is 0.561. The average Bonchev–Trinajstić information content (AvgIpc) is 3.18. The molecular formula is C22H20F3N3O3S. The third-order valence-electron chi connectivity index (χ3n) is 4.42. The average molecular weight is 463 g/mol. The minimum absolute atomic E-state index is 0.203. The molecule has 168 valence electrons. The lowest BCUT2D eigenvalue weighted by Crippen LogP contribution is -2.28. The minimum Gasteiger partial charge on any atom is -0.483 e. The Kier molecular flexibility index (Phi) is 7.14. The van der Waals surface area contributed by atoms with Crippen LogP contribution in [0, 0.1) is 0 Å². The molecule has 1 aromatic heterocycles. The van der Waals surface area contributed by atoms with Gasteiger partial charge in [0.25, 0.3) is 11.8 Å². The van der Waals surface area contributed by atoms with Gasteiger partial charge in [-0.2, -0.15) is 13.2 Å². The first-order valence-corrected chi connectivity index (χ1v) is 10.3. The maximum atomic E-state index is 12.7. The number of nitrogens with zero attached hydrogens (tertiary/aromatic N) is 2. The zero-order valence-electron chi connectivity index (χ0n) is 17.3. The molecule has 0 saturated heterocycles. The second kappa shape index (κ2) is 9.82. The van der Waals surface area contributed by atoms with Crippen molar-refractivity contribution in [1.29, 1.82) is 0 Å². The second-order valence-electron chi connectivity index (χ2n) is 7.03. The predicted molar refractivity (Wildman–Crippen MR) is 115 cm³/mol. The lowest BCUT2D eigenvalue weighted by Gasteiger charge is -2.13. The zero-order valence-corrected chi connectivity index (χ0v) is 18.1. The number of alkyl halides is 3. The van der Waals surface area contributed by atoms with E-state index in [-0.39, 0.29) is 23.8 Å². The SMILES string of the molecule is CN(C)C(=O)COc1ccccc1C(=O)Nc1ncc(Cc2ccc(C(F)(F)F)cc2)s1. The van der Waals surface area contributed by atoms with Crippen LogP contribution in [0.1, 0.15) is 26.4 Å². The van der Waals surface area contributed by atoms with Crippen LogP contribution in [0.3, 0.4) is 0 Å². The fraction of sp³-hybridized carbons (Fsp3) is 0.227. The lowest BCUT2D eigenvalue weighted by atomic mass is 10.1. The summed E-state index contributed by atoms with van der Waals surface area (Å²) in [4.78, 5) is 30.8. The van der Waals surface area contributed by atoms with E-state index in [1.165, 1.54) is 28.4 Å². The number of ether oxygens (including phenoxy) is 1. The molecule has 2 amide bonds. The van der Waals surface area contributed by atoms with Gasteiger partial charge in [0.05, 0.1) is 11.1 Å². The van der Waals surface area contributed by atoms with Gasteiger partial charge in [-0.3, -0.25) is 14.9 Å². The molecule has 0 spiro atoms. The molecule has 32 heavy (non-hydrogen) atoms. The van der Waals surface area contributed by atoms with Crippen molar-refractivity contribution in [3.05, 3.63) is 76.3 Å². The van der Waals surface area contributed by atoms with Crippen molar-refractivity contribution < 1.29 is 27.5 Å². The highest BCUT2D eigenvalue weighted by molar-refractivity contribution is 7.15. The van der Waals surface area contributed by atoms with Crippen molar-refractivity contribution in [3.63, 3.8) is 0 Å². The number of amides is 2. The Morgan fingerprint density at radius 2 is 1.78 bits per heavy atom. The van der Waals surface area contributed by atoms with Gasteiger partial charge in [-0.1, -0.05) is 24.3 Å². The summed E-state index contributed by atoms with van der Waals surface area (Å²) in [7, 11) is 3.21. The number of hydrogen-bond acceptors (Lipinski definition) is 5. The summed E-state index contributed by atoms with van der Waals surface area (Å²) in [5.41, 5.74) is 0.244. The number of benzene rings is 2. The number of anilines is 1. The van der Waals surface area contributed by atoms with Gasteiger partial charge in [-0.05, 0) is 29.8 Å². The smallest absolute Gasteiger partial charge is 0.416 e. The summed E-state index contributed by atoms with van der Waals surface area (Å²) in [6, 6.07) is 11.4. The molecule has 0 bridgehead atoms. The summed E-state index contributed by atoms with van der Waals surface area (Å²) >= 11 is 1.22. The van der Waals surface area contributed by atoms with E-state index in [1.807, 2.05) is 0 Å². The van der Waals surface area contributed by atoms with E-state index in [0.717, 1.165) is 17.0 Å². The van der Waals surface area contributed by atoms with Crippen LogP contribution in [-0.2, 0) is 17.4 Å². The van der Waals surface area contributed by atoms with Crippen molar-refractivity contribution in [2.45, 2.75) is 12.6 Å². The van der Waals surface area contributed by atoms with E-state index in [4.69, 9.17) is 4.74 Å². The van der Waals surface area contributed by atoms with Crippen LogP contribution in [0.2, 0.25) is 0 Å². The van der Waals surface area contributed by atoms with Gasteiger partial charge in [0.15, 0.2) is 11.7 Å². The third kappa shape index (κ3) is 6.07. The number of halogens is 3. The van der Waals surface area contributed by atoms with Crippen molar-refractivity contribution in [3.8, 4) is 5.75 Å². The minimum atomic E-state index is -4.37. The van der Waals surface area contributed by atoms with Crippen LogP contribution in [0.25, 0.3) is 0 Å². The molecule has 0 aliphatic rings. The topological polar surface area (TPSA) is 71.5 Å². The number of carbonyl (C=O) groups is 2. The molecule has 0 radical (unpaired) electrons. The van der Waals surface area contributed by atoms with Gasteiger partial charge in [0, 0.05) is 31.6 Å². The molecule has 6 nitrogen and oxygen atoms in total. The monoisotopic (exact) mass is 463 g/mol. The van der Waals surface area contributed by atoms with Crippen LogP contribution < -0.4 is 10.1 Å². The molecule has 10 heteroatoms. The normalized spacial score (nSPS) is 11.2. The van der Waals surface area contributed by atoms with E-state index in [0.29, 0.717) is 17.1 Å². The molecule has 0 atom stereocenters. The molecule has 3 aromatic rings. The standard InChI is InChI=1S/C22H20F3N3O3S/c1-28(2)19(29)13-31-18-6-4-3-5-17(18)20(30)27-21-26-12-16(32-21)11-14-7-9-15(10-8-14)22(23,24)25/h3-10,12H,11,13H2,1-2H3,(H,26,27,30). The molecular weight excluding hydrogens is 443 g/mol. The Bertz CT molecular complexity index is 1100. The maximum absolute atomic E-state index is 12.7. The van der Waals surface area contributed by atoms with Crippen LogP contribution in [0.15, 0.2) is 54.7 Å². The van der Waals surface area contributed by atoms with Gasteiger partial charge in [0.1, 0.15) is 5.75 Å². The van der Waals surface area contributed by atoms with Crippen molar-refractivity contribution in [2.24, 2.45) is 0 Å². The number of aromatic nitrogens is 1. The van der Waals surface area contributed by atoms with Crippen molar-refractivity contribution >= 4 is 28.3 Å². The number of thiazole rings is 1. The number of para-hydroxylation sites is 1. The van der Waals surface area contributed by atoms with E-state index in [2.05, 4.69) is 10.3 Å². The predicted octanol–water partition coefficient (Wildman–Crippen LogP) is 4.47. The van der Waals surface area contributed by atoms with E-state index in [1.54, 1.807) is 44.6 Å². The highest BCUT2D eigenvalue weighted by Crippen LogP contribution is 2.30. The first-order chi connectivity index (χ1) is 15.1. The number of hydrogen-bond donors (Lipinski definition) is 1. The number of rotatable bonds is 7. The molecule has 0 unspecified atom stereocenters. The van der Waals surface area contributed by atoms with E-state index in [9.17, 15) is 22.8 Å². The third-order valence-corrected chi connectivity index (χ3v) is 5.33.